The molecule has 0 aliphatic heterocycles. The molecule has 0 unspecified atom stereocenters. The summed E-state index contributed by atoms with van der Waals surface area (Å²) in [7, 11) is 0. The van der Waals surface area contributed by atoms with Crippen molar-refractivity contribution < 1.29 is 33.3 Å². The summed E-state index contributed by atoms with van der Waals surface area (Å²) in [5.41, 5.74) is -7.84. The van der Waals surface area contributed by atoms with E-state index >= 15 is 8.78 Å². The molecule has 0 saturated heterocycles. The highest BCUT2D eigenvalue weighted by atomic mass is 32.1. The highest BCUT2D eigenvalue weighted by Gasteiger charge is 2.76. The van der Waals surface area contributed by atoms with E-state index in [9.17, 15) is 24.5 Å². The Labute approximate surface area is 172 Å². The van der Waals surface area contributed by atoms with Crippen LogP contribution in [0.5, 0.6) is 0 Å². The van der Waals surface area contributed by atoms with Gasteiger partial charge in [-0.3, -0.25) is 4.79 Å². The fourth-order valence-corrected chi connectivity index (χ4v) is 7.52. The molecule has 3 saturated carbocycles. The van der Waals surface area contributed by atoms with Crippen molar-refractivity contribution in [3.05, 3.63) is 23.6 Å². The lowest BCUT2D eigenvalue weighted by atomic mass is 9.44. The minimum Gasteiger partial charge on any atom is -0.500 e. The molecule has 0 aromatic heterocycles. The van der Waals surface area contributed by atoms with Crippen LogP contribution < -0.4 is 0 Å². The number of hydrogen-bond donors (Lipinski definition) is 3. The lowest BCUT2D eigenvalue weighted by Crippen LogP contribution is -2.70. The fourth-order valence-electron chi connectivity index (χ4n) is 7.09. The molecular weight excluding hydrogens is 405 g/mol. The van der Waals surface area contributed by atoms with E-state index in [4.69, 9.17) is 12.2 Å². The first-order valence-corrected chi connectivity index (χ1v) is 10.3. The van der Waals surface area contributed by atoms with Crippen LogP contribution in [-0.2, 0) is 4.79 Å². The van der Waals surface area contributed by atoms with Crippen LogP contribution in [0.2, 0.25) is 0 Å². The second kappa shape index (κ2) is 5.92. The van der Waals surface area contributed by atoms with Gasteiger partial charge in [-0.2, -0.15) is 0 Å². The third kappa shape index (κ3) is 2.13. The number of allylic oxidation sites excluding steroid dienone is 4. The Balaban J connectivity index is 1.91. The number of aliphatic hydroxyl groups excluding tert-OH is 2. The lowest BCUT2D eigenvalue weighted by molar-refractivity contribution is -0.215. The van der Waals surface area contributed by atoms with Gasteiger partial charge in [0.05, 0.1) is 6.10 Å². The number of ketones is 1. The number of halogens is 3. The van der Waals surface area contributed by atoms with Crippen molar-refractivity contribution in [1.29, 1.82) is 0 Å². The number of thiocarbonyl (C=S) groups is 1. The topological polar surface area (TPSA) is 77.8 Å². The van der Waals surface area contributed by atoms with E-state index in [0.717, 1.165) is 6.08 Å². The SMILES string of the molecule is C[C@H]1C[C@H]2[C@@H]3C[C@H](F)C4=C(F)C(=O)C=C[C@]4(C)[C@@]3(F)[C@@H](O)C[C@]2(C)[C@@]1(O)C(O)=S. The fraction of sp³-hybridized carbons (Fsp3) is 0.714. The van der Waals surface area contributed by atoms with Crippen molar-refractivity contribution in [3.63, 3.8) is 0 Å². The third-order valence-electron chi connectivity index (χ3n) is 8.61. The molecule has 0 aromatic carbocycles. The van der Waals surface area contributed by atoms with Crippen LogP contribution in [0, 0.1) is 28.6 Å². The Morgan fingerprint density at radius 1 is 1.28 bits per heavy atom. The number of alkyl halides is 2. The van der Waals surface area contributed by atoms with Gasteiger partial charge in [0.1, 0.15) is 11.8 Å². The Morgan fingerprint density at radius 2 is 1.90 bits per heavy atom. The minimum atomic E-state index is -2.44. The van der Waals surface area contributed by atoms with E-state index in [2.05, 4.69) is 0 Å². The molecule has 8 heteroatoms. The third-order valence-corrected chi connectivity index (χ3v) is 8.93. The average molecular weight is 430 g/mol. The van der Waals surface area contributed by atoms with Gasteiger partial charge in [-0.05, 0) is 56.3 Å². The summed E-state index contributed by atoms with van der Waals surface area (Å²) >= 11 is 4.92. The minimum absolute atomic E-state index is 0.241. The number of carbonyl (C=O) groups excluding carboxylic acids is 1. The van der Waals surface area contributed by atoms with E-state index in [1.54, 1.807) is 13.8 Å². The first-order valence-electron chi connectivity index (χ1n) is 9.87. The summed E-state index contributed by atoms with van der Waals surface area (Å²) < 4.78 is 46.7. The Kier molecular flexibility index (Phi) is 4.28. The Morgan fingerprint density at radius 3 is 2.48 bits per heavy atom. The molecule has 0 amide bonds. The predicted molar refractivity (Wildman–Crippen MR) is 103 cm³/mol. The monoisotopic (exact) mass is 430 g/mol. The molecule has 160 valence electrons. The van der Waals surface area contributed by atoms with Gasteiger partial charge in [-0.1, -0.05) is 19.9 Å². The molecule has 0 heterocycles. The van der Waals surface area contributed by atoms with Gasteiger partial charge in [0.15, 0.2) is 16.5 Å². The first-order chi connectivity index (χ1) is 13.3. The van der Waals surface area contributed by atoms with Gasteiger partial charge in [0.25, 0.3) is 0 Å². The van der Waals surface area contributed by atoms with Gasteiger partial charge >= 0.3 is 0 Å². The van der Waals surface area contributed by atoms with E-state index < -0.39 is 80.8 Å². The zero-order valence-electron chi connectivity index (χ0n) is 16.5. The van der Waals surface area contributed by atoms with Crippen LogP contribution in [0.25, 0.3) is 0 Å². The highest BCUT2D eigenvalue weighted by Crippen LogP contribution is 2.71. The molecule has 0 spiro atoms. The van der Waals surface area contributed by atoms with Crippen molar-refractivity contribution in [2.75, 3.05) is 0 Å². The van der Waals surface area contributed by atoms with E-state index in [1.165, 1.54) is 13.0 Å². The summed E-state index contributed by atoms with van der Waals surface area (Å²) in [4.78, 5) is 11.8. The maximum Gasteiger partial charge on any atom is 0.213 e. The molecule has 0 bridgehead atoms. The van der Waals surface area contributed by atoms with Crippen molar-refractivity contribution in [2.45, 2.75) is 63.6 Å². The molecule has 0 aromatic rings. The molecule has 4 aliphatic carbocycles. The largest absolute Gasteiger partial charge is 0.500 e. The van der Waals surface area contributed by atoms with Gasteiger partial charge in [-0.15, -0.1) is 0 Å². The van der Waals surface area contributed by atoms with Gasteiger partial charge in [0.2, 0.25) is 5.78 Å². The highest BCUT2D eigenvalue weighted by molar-refractivity contribution is 7.80. The van der Waals surface area contributed by atoms with Crippen molar-refractivity contribution in [2.24, 2.45) is 28.6 Å². The van der Waals surface area contributed by atoms with Crippen molar-refractivity contribution in [1.82, 2.24) is 0 Å². The number of fused-ring (bicyclic) bond motifs is 5. The van der Waals surface area contributed by atoms with Gasteiger partial charge < -0.3 is 15.3 Å². The molecule has 9 atom stereocenters. The zero-order chi connectivity index (χ0) is 21.7. The van der Waals surface area contributed by atoms with Crippen LogP contribution in [0.3, 0.4) is 0 Å². The normalized spacial score (nSPS) is 54.1. The van der Waals surface area contributed by atoms with Crippen LogP contribution in [0.15, 0.2) is 23.6 Å². The maximum atomic E-state index is 16.8. The molecule has 3 N–H and O–H groups in total. The van der Waals surface area contributed by atoms with E-state index in [0.29, 0.717) is 0 Å². The quantitative estimate of drug-likeness (QED) is 0.556. The standard InChI is InChI=1S/C21H25F3O4S/c1-9-6-10-11-7-12(22)15-16(23)13(25)4-5-18(15,2)20(11,24)14(26)8-19(10,3)21(9,28)17(27)29/h4-5,9-12,14,26,28H,6-8H2,1-3H3,(H,27,29)/t9-,10-,11-,12-,14-,18-,19-,20-,21-/m0/s1. The summed E-state index contributed by atoms with van der Waals surface area (Å²) in [6, 6.07) is 0. The number of hydrogen-bond acceptors (Lipinski definition) is 4. The van der Waals surface area contributed by atoms with Crippen LogP contribution in [-0.4, -0.2) is 49.7 Å². The van der Waals surface area contributed by atoms with Crippen LogP contribution >= 0.6 is 12.2 Å². The second-order valence-electron chi connectivity index (χ2n) is 9.66. The first kappa shape index (κ1) is 21.0. The zero-order valence-corrected chi connectivity index (χ0v) is 17.3. The second-order valence-corrected chi connectivity index (χ2v) is 10.0. The van der Waals surface area contributed by atoms with Gasteiger partial charge in [0, 0.05) is 22.3 Å². The summed E-state index contributed by atoms with van der Waals surface area (Å²) in [6.07, 6.45) is -1.92. The molecule has 3 fully saturated rings. The Hall–Kier alpha value is -1.25. The van der Waals surface area contributed by atoms with Gasteiger partial charge in [-0.25, -0.2) is 13.2 Å². The maximum absolute atomic E-state index is 16.8. The molecule has 29 heavy (non-hydrogen) atoms. The van der Waals surface area contributed by atoms with Crippen molar-refractivity contribution >= 4 is 23.1 Å². The number of aliphatic hydroxyl groups is 3. The molecule has 4 rings (SSSR count). The van der Waals surface area contributed by atoms with E-state index in [-0.39, 0.29) is 12.8 Å². The lowest BCUT2D eigenvalue weighted by Gasteiger charge is -2.62. The number of rotatable bonds is 1. The van der Waals surface area contributed by atoms with Crippen molar-refractivity contribution in [3.8, 4) is 0 Å². The predicted octanol–water partition coefficient (Wildman–Crippen LogP) is 3.46. The average Bonchev–Trinajstić information content (AvgIpc) is 2.83. The summed E-state index contributed by atoms with van der Waals surface area (Å²) in [5, 5.41) is 31.8. The van der Waals surface area contributed by atoms with E-state index in [1.807, 2.05) is 0 Å². The Bertz CT molecular complexity index is 874. The summed E-state index contributed by atoms with van der Waals surface area (Å²) in [6.45, 7) is 4.63. The molecular formula is C21H25F3O4S. The van der Waals surface area contributed by atoms with Crippen LogP contribution in [0.1, 0.15) is 40.0 Å². The number of carbonyl (C=O) groups is 1. The smallest absolute Gasteiger partial charge is 0.213 e. The summed E-state index contributed by atoms with van der Waals surface area (Å²) in [5.74, 6) is -4.51. The molecule has 4 nitrogen and oxygen atoms in total. The molecule has 4 aliphatic rings. The molecule has 0 radical (unpaired) electrons. The van der Waals surface area contributed by atoms with Crippen LogP contribution in [0.4, 0.5) is 13.2 Å².